The molecule has 0 radical (unpaired) electrons. The summed E-state index contributed by atoms with van der Waals surface area (Å²) in [6.07, 6.45) is 0. The van der Waals surface area contributed by atoms with Crippen LogP contribution in [0.2, 0.25) is 0 Å². The summed E-state index contributed by atoms with van der Waals surface area (Å²) in [4.78, 5) is 2.40. The van der Waals surface area contributed by atoms with Gasteiger partial charge >= 0.3 is 0 Å². The largest absolute Gasteiger partial charge is 0.310 e. The van der Waals surface area contributed by atoms with E-state index in [9.17, 15) is 0 Å². The van der Waals surface area contributed by atoms with Crippen LogP contribution in [0.3, 0.4) is 0 Å². The Bertz CT molecular complexity index is 3470. The minimum absolute atomic E-state index is 0.0949. The fourth-order valence-corrected chi connectivity index (χ4v) is 10.1. The predicted octanol–water partition coefficient (Wildman–Crippen LogP) is 16.2. The van der Waals surface area contributed by atoms with Crippen molar-refractivity contribution in [2.45, 2.75) is 19.3 Å². The monoisotopic (exact) mass is 778 g/mol. The van der Waals surface area contributed by atoms with Crippen LogP contribution in [0.4, 0.5) is 17.1 Å². The third-order valence-electron chi connectivity index (χ3n) is 13.2. The molecule has 1 aliphatic rings. The van der Waals surface area contributed by atoms with E-state index in [0.717, 1.165) is 17.1 Å². The van der Waals surface area contributed by atoms with Gasteiger partial charge in [-0.25, -0.2) is 0 Å². The van der Waals surface area contributed by atoms with Crippen LogP contribution < -0.4 is 4.90 Å². The number of nitrogens with zero attached hydrogens (tertiary/aromatic N) is 2. The number of fused-ring (bicyclic) bond motifs is 9. The van der Waals surface area contributed by atoms with E-state index in [1.807, 2.05) is 0 Å². The first kappa shape index (κ1) is 35.3. The van der Waals surface area contributed by atoms with E-state index in [4.69, 9.17) is 0 Å². The summed E-state index contributed by atoms with van der Waals surface area (Å²) in [6, 6.07) is 80.4. The molecule has 0 bridgehead atoms. The number of para-hydroxylation sites is 2. The molecule has 10 aromatic carbocycles. The van der Waals surface area contributed by atoms with Gasteiger partial charge in [-0.2, -0.15) is 0 Å². The van der Waals surface area contributed by atoms with Gasteiger partial charge in [0, 0.05) is 38.9 Å². The van der Waals surface area contributed by atoms with Gasteiger partial charge in [0.25, 0.3) is 0 Å². The van der Waals surface area contributed by atoms with Crippen molar-refractivity contribution in [3.63, 3.8) is 0 Å². The molecule has 11 aromatic rings. The lowest BCUT2D eigenvalue weighted by Crippen LogP contribution is -2.16. The van der Waals surface area contributed by atoms with Crippen molar-refractivity contribution in [3.8, 4) is 39.1 Å². The van der Waals surface area contributed by atoms with E-state index in [-0.39, 0.29) is 5.41 Å². The molecule has 0 aliphatic heterocycles. The fraction of sp³-hybridized carbons (Fsp3) is 0.0508. The van der Waals surface area contributed by atoms with E-state index in [2.05, 4.69) is 242 Å². The van der Waals surface area contributed by atoms with Crippen molar-refractivity contribution in [2.75, 3.05) is 4.90 Å². The summed E-state index contributed by atoms with van der Waals surface area (Å²) >= 11 is 0. The Morgan fingerprint density at radius 3 is 1.67 bits per heavy atom. The van der Waals surface area contributed by atoms with Crippen LogP contribution in [0, 0.1) is 0 Å². The van der Waals surface area contributed by atoms with Gasteiger partial charge < -0.3 is 9.47 Å². The smallest absolute Gasteiger partial charge is 0.0547 e. The molecule has 0 saturated carbocycles. The highest BCUT2D eigenvalue weighted by molar-refractivity contribution is 6.18. The average molecular weight is 779 g/mol. The lowest BCUT2D eigenvalue weighted by Gasteiger charge is -2.28. The number of aromatic nitrogens is 1. The molecule has 12 rings (SSSR count). The molecule has 2 heteroatoms. The van der Waals surface area contributed by atoms with E-state index < -0.39 is 0 Å². The summed E-state index contributed by atoms with van der Waals surface area (Å²) in [7, 11) is 0. The molecule has 61 heavy (non-hydrogen) atoms. The SMILES string of the molecule is CC1(C)c2ccccc2-c2ccc(N(c3ccc(-c4ccccc4)cc3)c3ccc(-c4ccc5c(ccc6cc7c8ccccc8n(-c8ccccc8)c7cc65)c4)cc3)cc21. The number of anilines is 3. The molecule has 1 heterocycles. The van der Waals surface area contributed by atoms with Crippen LogP contribution in [0.15, 0.2) is 218 Å². The highest BCUT2D eigenvalue weighted by Crippen LogP contribution is 2.51. The summed E-state index contributed by atoms with van der Waals surface area (Å²) in [5.74, 6) is 0. The quantitative estimate of drug-likeness (QED) is 0.153. The maximum Gasteiger partial charge on any atom is 0.0547 e. The second kappa shape index (κ2) is 13.7. The Morgan fingerprint density at radius 2 is 0.918 bits per heavy atom. The average Bonchev–Trinajstić information content (AvgIpc) is 3.76. The third-order valence-corrected chi connectivity index (χ3v) is 13.2. The second-order valence-electron chi connectivity index (χ2n) is 17.0. The summed E-state index contributed by atoms with van der Waals surface area (Å²) in [5, 5.41) is 7.56. The predicted molar refractivity (Wildman–Crippen MR) is 259 cm³/mol. The van der Waals surface area contributed by atoms with Crippen LogP contribution in [0.5, 0.6) is 0 Å². The van der Waals surface area contributed by atoms with Gasteiger partial charge in [0.2, 0.25) is 0 Å². The zero-order valence-electron chi connectivity index (χ0n) is 34.2. The maximum absolute atomic E-state index is 2.41. The molecule has 1 aliphatic carbocycles. The van der Waals surface area contributed by atoms with E-state index in [1.165, 1.54) is 93.5 Å². The number of hydrogen-bond acceptors (Lipinski definition) is 1. The van der Waals surface area contributed by atoms with Crippen molar-refractivity contribution in [1.29, 1.82) is 0 Å². The van der Waals surface area contributed by atoms with Gasteiger partial charge in [-0.15, -0.1) is 0 Å². The molecule has 288 valence electrons. The van der Waals surface area contributed by atoms with Crippen molar-refractivity contribution >= 4 is 60.4 Å². The summed E-state index contributed by atoms with van der Waals surface area (Å²) in [5.41, 5.74) is 17.1. The Kier molecular flexibility index (Phi) is 7.92. The van der Waals surface area contributed by atoms with Crippen LogP contribution in [-0.4, -0.2) is 4.57 Å². The second-order valence-corrected chi connectivity index (χ2v) is 17.0. The van der Waals surface area contributed by atoms with Gasteiger partial charge in [-0.1, -0.05) is 159 Å². The number of benzene rings is 10. The normalized spacial score (nSPS) is 12.9. The van der Waals surface area contributed by atoms with Crippen molar-refractivity contribution in [3.05, 3.63) is 230 Å². The Labute approximate surface area is 356 Å². The first-order valence-electron chi connectivity index (χ1n) is 21.3. The van der Waals surface area contributed by atoms with Gasteiger partial charge in [-0.3, -0.25) is 0 Å². The molecule has 0 spiro atoms. The Morgan fingerprint density at radius 1 is 0.344 bits per heavy atom. The Hall–Kier alpha value is -7.68. The molecule has 2 nitrogen and oxygen atoms in total. The molecule has 0 fully saturated rings. The van der Waals surface area contributed by atoms with E-state index in [1.54, 1.807) is 0 Å². The van der Waals surface area contributed by atoms with E-state index in [0.29, 0.717) is 0 Å². The molecular formula is C59H42N2. The molecule has 0 amide bonds. The minimum atomic E-state index is -0.0949. The van der Waals surface area contributed by atoms with Gasteiger partial charge in [-0.05, 0) is 139 Å². The third kappa shape index (κ3) is 5.64. The minimum Gasteiger partial charge on any atom is -0.310 e. The Balaban J connectivity index is 0.941. The number of rotatable bonds is 6. The van der Waals surface area contributed by atoms with Gasteiger partial charge in [0.1, 0.15) is 0 Å². The fourth-order valence-electron chi connectivity index (χ4n) is 10.1. The van der Waals surface area contributed by atoms with Crippen molar-refractivity contribution in [2.24, 2.45) is 0 Å². The highest BCUT2D eigenvalue weighted by atomic mass is 15.1. The zero-order valence-corrected chi connectivity index (χ0v) is 34.2. The van der Waals surface area contributed by atoms with Gasteiger partial charge in [0.15, 0.2) is 0 Å². The van der Waals surface area contributed by atoms with E-state index >= 15 is 0 Å². The molecule has 0 N–H and O–H groups in total. The lowest BCUT2D eigenvalue weighted by molar-refractivity contribution is 0.660. The van der Waals surface area contributed by atoms with Crippen LogP contribution in [-0.2, 0) is 5.41 Å². The van der Waals surface area contributed by atoms with Crippen LogP contribution in [0.25, 0.3) is 82.4 Å². The molecular weight excluding hydrogens is 737 g/mol. The van der Waals surface area contributed by atoms with Crippen LogP contribution >= 0.6 is 0 Å². The van der Waals surface area contributed by atoms with Crippen molar-refractivity contribution < 1.29 is 0 Å². The molecule has 0 unspecified atom stereocenters. The first-order valence-corrected chi connectivity index (χ1v) is 21.3. The molecule has 1 aromatic heterocycles. The standard InChI is InChI=1S/C59H42N2/c1-59(2)55-19-11-9-17-50(55)51-34-32-48(37-56(51)59)60(46-28-23-40(24-29-46)39-13-5-3-6-14-39)47-30-25-41(26-31-47)42-27-33-49-43(35-42)21-22-44-36-54-52-18-10-12-20-57(52)61(58(54)38-53(44)49)45-15-7-4-8-16-45/h3-38H,1-2H3. The summed E-state index contributed by atoms with van der Waals surface area (Å²) < 4.78 is 2.41. The topological polar surface area (TPSA) is 8.17 Å². The number of hydrogen-bond donors (Lipinski definition) is 0. The lowest BCUT2D eigenvalue weighted by atomic mass is 9.82. The van der Waals surface area contributed by atoms with Gasteiger partial charge in [0.05, 0.1) is 11.0 Å². The van der Waals surface area contributed by atoms with Crippen molar-refractivity contribution in [1.82, 2.24) is 4.57 Å². The zero-order chi connectivity index (χ0) is 40.7. The van der Waals surface area contributed by atoms with Crippen LogP contribution in [0.1, 0.15) is 25.0 Å². The highest BCUT2D eigenvalue weighted by Gasteiger charge is 2.35. The summed E-state index contributed by atoms with van der Waals surface area (Å²) in [6.45, 7) is 4.71. The maximum atomic E-state index is 2.41. The molecule has 0 saturated heterocycles. The molecule has 0 atom stereocenters. The first-order chi connectivity index (χ1) is 30.0.